The summed E-state index contributed by atoms with van der Waals surface area (Å²) in [4.78, 5) is 4.69. The van der Waals surface area contributed by atoms with Crippen LogP contribution in [-0.2, 0) is 0 Å². The first-order valence-corrected chi connectivity index (χ1v) is 17.5. The zero-order chi connectivity index (χ0) is 17.6. The van der Waals surface area contributed by atoms with E-state index in [2.05, 4.69) is 62.5 Å². The van der Waals surface area contributed by atoms with Gasteiger partial charge in [0.1, 0.15) is 0 Å². The monoisotopic (exact) mass is 436 g/mol. The second-order valence-corrected chi connectivity index (χ2v) is 20.8. The molecule has 0 aliphatic carbocycles. The van der Waals surface area contributed by atoms with Crippen LogP contribution in [0.2, 0.25) is 13.3 Å². The van der Waals surface area contributed by atoms with E-state index in [4.69, 9.17) is 0 Å². The normalized spacial score (nSPS) is 12.2. The van der Waals surface area contributed by atoms with Gasteiger partial charge in [0.25, 0.3) is 0 Å². The van der Waals surface area contributed by atoms with Gasteiger partial charge in [-0.1, -0.05) is 0 Å². The summed E-state index contributed by atoms with van der Waals surface area (Å²) >= 11 is -2.31. The summed E-state index contributed by atoms with van der Waals surface area (Å²) in [6, 6.07) is 2.53. The molecule has 0 fully saturated rings. The zero-order valence-corrected chi connectivity index (χ0v) is 19.3. The molecule has 0 bridgehead atoms. The van der Waals surface area contributed by atoms with Crippen LogP contribution in [0.3, 0.4) is 0 Å². The fourth-order valence-corrected chi connectivity index (χ4v) is 19.9. The van der Waals surface area contributed by atoms with Crippen molar-refractivity contribution in [2.24, 2.45) is 0 Å². The Labute approximate surface area is 152 Å². The number of fused-ring (bicyclic) bond motifs is 1. The van der Waals surface area contributed by atoms with E-state index in [1.54, 1.807) is 3.58 Å². The van der Waals surface area contributed by atoms with Crippen LogP contribution >= 0.6 is 0 Å². The van der Waals surface area contributed by atoms with Gasteiger partial charge >= 0.3 is 153 Å². The predicted molar refractivity (Wildman–Crippen MR) is 109 cm³/mol. The average Bonchev–Trinajstić information content (AvgIpc) is 2.99. The van der Waals surface area contributed by atoms with Crippen LogP contribution in [0, 0.1) is 13.8 Å². The van der Waals surface area contributed by atoms with Crippen molar-refractivity contribution < 1.29 is 0 Å². The van der Waals surface area contributed by atoms with Crippen molar-refractivity contribution in [3.8, 4) is 0 Å². The van der Waals surface area contributed by atoms with Crippen molar-refractivity contribution in [2.45, 2.75) is 86.5 Å². The summed E-state index contributed by atoms with van der Waals surface area (Å²) in [6.45, 7) is 11.3. The molecule has 0 radical (unpaired) electrons. The summed E-state index contributed by atoms with van der Waals surface area (Å²) in [5, 5.41) is 0. The van der Waals surface area contributed by atoms with Gasteiger partial charge in [0.15, 0.2) is 0 Å². The number of hydrogen-bond acceptors (Lipinski definition) is 1. The molecule has 2 rings (SSSR count). The molecule has 134 valence electrons. The van der Waals surface area contributed by atoms with Gasteiger partial charge in [-0.15, -0.1) is 0 Å². The molecule has 0 saturated heterocycles. The SMILES string of the molecule is CCC[CH2][Sn]([CH2]CCC)([CH2]CCC)[c]1cc2c(C)nc(C)cn2c1. The molecule has 0 unspecified atom stereocenters. The maximum atomic E-state index is 4.69. The molecule has 0 saturated carbocycles. The third-order valence-corrected chi connectivity index (χ3v) is 21.0. The molecular weight excluding hydrogens is 399 g/mol. The molecule has 0 amide bonds. The van der Waals surface area contributed by atoms with Crippen LogP contribution < -0.4 is 3.58 Å². The molecule has 3 heteroatoms. The molecule has 0 N–H and O–H groups in total. The van der Waals surface area contributed by atoms with Crippen molar-refractivity contribution >= 4 is 27.5 Å². The fourth-order valence-electron chi connectivity index (χ4n) is 4.07. The zero-order valence-electron chi connectivity index (χ0n) is 16.5. The van der Waals surface area contributed by atoms with Crippen molar-refractivity contribution in [3.63, 3.8) is 0 Å². The molecular formula is C21H36N2Sn. The first-order chi connectivity index (χ1) is 11.6. The Morgan fingerprint density at radius 2 is 1.42 bits per heavy atom. The van der Waals surface area contributed by atoms with E-state index in [-0.39, 0.29) is 0 Å². The van der Waals surface area contributed by atoms with Gasteiger partial charge in [-0.05, 0) is 0 Å². The van der Waals surface area contributed by atoms with Crippen LogP contribution in [0.5, 0.6) is 0 Å². The second kappa shape index (κ2) is 9.26. The Hall–Kier alpha value is -0.511. The molecule has 0 spiro atoms. The number of aryl methyl sites for hydroxylation is 2. The molecule has 0 atom stereocenters. The summed E-state index contributed by atoms with van der Waals surface area (Å²) in [5.74, 6) is 0. The van der Waals surface area contributed by atoms with E-state index in [0.29, 0.717) is 0 Å². The minimum absolute atomic E-state index is 1.12. The van der Waals surface area contributed by atoms with Crippen LogP contribution in [-0.4, -0.2) is 27.8 Å². The molecule has 0 aliphatic rings. The van der Waals surface area contributed by atoms with Gasteiger partial charge in [0, 0.05) is 0 Å². The van der Waals surface area contributed by atoms with E-state index in [1.165, 1.54) is 63.0 Å². The van der Waals surface area contributed by atoms with Crippen LogP contribution in [0.4, 0.5) is 0 Å². The third kappa shape index (κ3) is 4.56. The van der Waals surface area contributed by atoms with Gasteiger partial charge in [-0.3, -0.25) is 0 Å². The van der Waals surface area contributed by atoms with Gasteiger partial charge in [0.05, 0.1) is 0 Å². The van der Waals surface area contributed by atoms with Crippen molar-refractivity contribution in [1.29, 1.82) is 0 Å². The first-order valence-electron chi connectivity index (χ1n) is 10.0. The van der Waals surface area contributed by atoms with Crippen LogP contribution in [0.15, 0.2) is 18.5 Å². The molecule has 2 nitrogen and oxygen atoms in total. The number of aromatic nitrogens is 2. The van der Waals surface area contributed by atoms with Gasteiger partial charge in [-0.25, -0.2) is 0 Å². The molecule has 2 aromatic rings. The average molecular weight is 435 g/mol. The fraction of sp³-hybridized carbons (Fsp3) is 0.667. The Bertz CT molecular complexity index is 623. The number of nitrogens with zero attached hydrogens (tertiary/aromatic N) is 2. The van der Waals surface area contributed by atoms with Crippen molar-refractivity contribution in [2.75, 3.05) is 0 Å². The molecule has 2 aromatic heterocycles. The topological polar surface area (TPSA) is 17.3 Å². The van der Waals surface area contributed by atoms with E-state index in [0.717, 1.165) is 5.69 Å². The Morgan fingerprint density at radius 1 is 0.875 bits per heavy atom. The van der Waals surface area contributed by atoms with E-state index >= 15 is 0 Å². The van der Waals surface area contributed by atoms with Crippen LogP contribution in [0.25, 0.3) is 5.52 Å². The molecule has 0 aromatic carbocycles. The minimum atomic E-state index is -2.31. The molecule has 0 aliphatic heterocycles. The van der Waals surface area contributed by atoms with Gasteiger partial charge in [0.2, 0.25) is 0 Å². The summed E-state index contributed by atoms with van der Waals surface area (Å²) in [5.41, 5.74) is 3.64. The van der Waals surface area contributed by atoms with Gasteiger partial charge < -0.3 is 0 Å². The quantitative estimate of drug-likeness (QED) is 0.418. The Kier molecular flexibility index (Phi) is 7.64. The van der Waals surface area contributed by atoms with E-state index < -0.39 is 18.4 Å². The number of rotatable bonds is 10. The predicted octanol–water partition coefficient (Wildman–Crippen LogP) is 6.01. The summed E-state index contributed by atoms with van der Waals surface area (Å²) in [7, 11) is 0. The maximum absolute atomic E-state index is 4.69. The third-order valence-electron chi connectivity index (χ3n) is 5.53. The molecule has 2 heterocycles. The first kappa shape index (κ1) is 19.8. The number of unbranched alkanes of at least 4 members (excludes halogenated alkanes) is 3. The Balaban J connectivity index is 2.48. The van der Waals surface area contributed by atoms with Gasteiger partial charge in [-0.2, -0.15) is 0 Å². The summed E-state index contributed by atoms with van der Waals surface area (Å²) in [6.07, 6.45) is 13.0. The number of hydrogen-bond donors (Lipinski definition) is 0. The second-order valence-electron chi connectivity index (χ2n) is 7.58. The van der Waals surface area contributed by atoms with Crippen molar-refractivity contribution in [1.82, 2.24) is 9.38 Å². The van der Waals surface area contributed by atoms with Crippen molar-refractivity contribution in [3.05, 3.63) is 29.8 Å². The van der Waals surface area contributed by atoms with E-state index in [1.807, 2.05) is 0 Å². The Morgan fingerprint density at radius 3 is 1.92 bits per heavy atom. The van der Waals surface area contributed by atoms with E-state index in [9.17, 15) is 0 Å². The molecule has 24 heavy (non-hydrogen) atoms. The van der Waals surface area contributed by atoms with Crippen LogP contribution in [0.1, 0.15) is 70.7 Å². The standard InChI is InChI=1S/C9H9N2.3C4H9.Sn/c1-7-6-11-5-3-4-9(11)8(2)10-7;3*1-3-4-2;/h4-6H,1-2H3;3*1,3-4H2,2H3;. The summed E-state index contributed by atoms with van der Waals surface area (Å²) < 4.78 is 8.73.